The molecule has 0 amide bonds. The van der Waals surface area contributed by atoms with Crippen LogP contribution in [0, 0.1) is 0 Å². The van der Waals surface area contributed by atoms with Gasteiger partial charge in [0.15, 0.2) is 0 Å². The van der Waals surface area contributed by atoms with Gasteiger partial charge in [0.25, 0.3) is 0 Å². The Labute approximate surface area is 97.6 Å². The van der Waals surface area contributed by atoms with Gasteiger partial charge >= 0.3 is 98.3 Å². The van der Waals surface area contributed by atoms with E-state index in [1.807, 2.05) is 6.07 Å². The molecular weight excluding hydrogens is 366 g/mol. The van der Waals surface area contributed by atoms with Crippen molar-refractivity contribution in [3.05, 3.63) is 35.9 Å². The van der Waals surface area contributed by atoms with Gasteiger partial charge in [-0.15, -0.1) is 0 Å². The molecule has 2 nitrogen and oxygen atoms in total. The quantitative estimate of drug-likeness (QED) is 0.509. The number of hydrogen-bond donors (Lipinski definition) is 0. The second-order valence-corrected chi connectivity index (χ2v) is 17.1. The summed E-state index contributed by atoms with van der Waals surface area (Å²) in [6, 6.07) is 10.4. The summed E-state index contributed by atoms with van der Waals surface area (Å²) in [5, 5.41) is 0. The molecule has 0 aliphatic heterocycles. The summed E-state index contributed by atoms with van der Waals surface area (Å²) in [4.78, 5) is 0. The SMILES string of the molecule is [SnH3][O][SnH2][O]CCc1ccccc1. The second kappa shape index (κ2) is 7.17. The zero-order chi connectivity index (χ0) is 8.65. The van der Waals surface area contributed by atoms with Crippen LogP contribution in [0.1, 0.15) is 5.56 Å². The molecule has 1 aromatic carbocycles. The summed E-state index contributed by atoms with van der Waals surface area (Å²) < 4.78 is 10.6. The molecule has 0 aliphatic rings. The summed E-state index contributed by atoms with van der Waals surface area (Å²) in [5.74, 6) is 0. The second-order valence-electron chi connectivity index (χ2n) is 2.55. The summed E-state index contributed by atoms with van der Waals surface area (Å²) in [7, 11) is 0. The van der Waals surface area contributed by atoms with Crippen molar-refractivity contribution in [1.29, 1.82) is 0 Å². The molecule has 0 fully saturated rings. The van der Waals surface area contributed by atoms with E-state index >= 15 is 0 Å². The van der Waals surface area contributed by atoms with Crippen molar-refractivity contribution in [2.24, 2.45) is 0 Å². The molecule has 0 spiro atoms. The van der Waals surface area contributed by atoms with E-state index in [0.29, 0.717) is 22.9 Å². The Kier molecular flexibility index (Phi) is 6.46. The van der Waals surface area contributed by atoms with Crippen molar-refractivity contribution in [2.75, 3.05) is 6.61 Å². The van der Waals surface area contributed by atoms with Crippen LogP contribution in [0.3, 0.4) is 0 Å². The molecule has 0 aromatic heterocycles. The van der Waals surface area contributed by atoms with Crippen LogP contribution in [-0.4, -0.2) is 51.5 Å². The third kappa shape index (κ3) is 4.69. The predicted molar refractivity (Wildman–Crippen MR) is 55.7 cm³/mol. The fourth-order valence-corrected chi connectivity index (χ4v) is 5.39. The van der Waals surface area contributed by atoms with E-state index in [1.54, 1.807) is 0 Å². The van der Waals surface area contributed by atoms with Crippen molar-refractivity contribution >= 4 is 44.9 Å². The topological polar surface area (TPSA) is 18.5 Å². The molecule has 12 heavy (non-hydrogen) atoms. The third-order valence-corrected chi connectivity index (χ3v) is 8.06. The fourth-order valence-electron chi connectivity index (χ4n) is 0.977. The van der Waals surface area contributed by atoms with E-state index in [9.17, 15) is 0 Å². The van der Waals surface area contributed by atoms with Crippen molar-refractivity contribution in [1.82, 2.24) is 0 Å². The number of rotatable bonds is 5. The maximum atomic E-state index is 5.43. The molecule has 0 heterocycles. The molecule has 0 bridgehead atoms. The van der Waals surface area contributed by atoms with Crippen LogP contribution in [0.4, 0.5) is 0 Å². The van der Waals surface area contributed by atoms with E-state index in [4.69, 9.17) is 4.49 Å². The summed E-state index contributed by atoms with van der Waals surface area (Å²) >= 11 is -0.756. The monoisotopic (exact) mass is 382 g/mol. The molecule has 0 unspecified atom stereocenters. The first-order valence-electron chi connectivity index (χ1n) is 4.04. The minimum atomic E-state index is -1.15. The molecule has 1 rings (SSSR count). The van der Waals surface area contributed by atoms with Crippen molar-refractivity contribution in [3.8, 4) is 0 Å². The molecule has 0 aliphatic carbocycles. The van der Waals surface area contributed by atoms with Crippen LogP contribution in [-0.2, 0) is 10.9 Å². The van der Waals surface area contributed by atoms with Gasteiger partial charge in [-0.25, -0.2) is 0 Å². The van der Waals surface area contributed by atoms with Crippen LogP contribution in [0.5, 0.6) is 0 Å². The third-order valence-electron chi connectivity index (χ3n) is 1.58. The molecule has 0 saturated carbocycles. The Morgan fingerprint density at radius 1 is 1.25 bits per heavy atom. The average molecular weight is 380 g/mol. The average Bonchev–Trinajstić information content (AvgIpc) is 2.14. The Morgan fingerprint density at radius 2 is 2.00 bits per heavy atom. The molecular formula is C8H14O2Sn2. The van der Waals surface area contributed by atoms with Gasteiger partial charge in [0.1, 0.15) is 0 Å². The summed E-state index contributed by atoms with van der Waals surface area (Å²) in [6.45, 7) is 0.847. The van der Waals surface area contributed by atoms with Crippen molar-refractivity contribution in [3.63, 3.8) is 0 Å². The van der Waals surface area contributed by atoms with E-state index in [-0.39, 0.29) is 0 Å². The van der Waals surface area contributed by atoms with Gasteiger partial charge < -0.3 is 0 Å². The zero-order valence-electron chi connectivity index (χ0n) is 7.32. The fraction of sp³-hybridized carbons (Fsp3) is 0.250. The van der Waals surface area contributed by atoms with Gasteiger partial charge in [-0.05, 0) is 0 Å². The van der Waals surface area contributed by atoms with Crippen LogP contribution < -0.4 is 0 Å². The minimum absolute atomic E-state index is 0.396. The van der Waals surface area contributed by atoms with Crippen molar-refractivity contribution in [2.45, 2.75) is 6.42 Å². The molecule has 1 aromatic rings. The first-order valence-corrected chi connectivity index (χ1v) is 9.66. The number of hydrogen-bond acceptors (Lipinski definition) is 2. The normalized spacial score (nSPS) is 11.3. The molecule has 0 radical (unpaired) electrons. The Bertz CT molecular complexity index is 203. The first kappa shape index (κ1) is 10.8. The van der Waals surface area contributed by atoms with Crippen LogP contribution in [0.15, 0.2) is 30.3 Å². The molecule has 0 atom stereocenters. The van der Waals surface area contributed by atoms with Crippen LogP contribution >= 0.6 is 0 Å². The van der Waals surface area contributed by atoms with Crippen LogP contribution in [0.2, 0.25) is 0 Å². The van der Waals surface area contributed by atoms with Gasteiger partial charge in [0.05, 0.1) is 0 Å². The molecule has 0 saturated heterocycles. The Morgan fingerprint density at radius 3 is 2.67 bits per heavy atom. The summed E-state index contributed by atoms with van der Waals surface area (Å²) in [5.41, 5.74) is 1.35. The van der Waals surface area contributed by atoms with Gasteiger partial charge in [-0.3, -0.25) is 0 Å². The number of benzene rings is 1. The standard InChI is InChI=1S/C8H9O.O.2Sn.5H/c9-7-6-8-4-2-1-3-5-8;;;;;;;;/h1-5H,6-7H2;;;;;;;;/q-1;;;+1;;;;;. The van der Waals surface area contributed by atoms with Gasteiger partial charge in [0, 0.05) is 0 Å². The van der Waals surface area contributed by atoms with Crippen LogP contribution in [0.25, 0.3) is 0 Å². The van der Waals surface area contributed by atoms with Gasteiger partial charge in [-0.2, -0.15) is 0 Å². The first-order chi connectivity index (χ1) is 5.93. The predicted octanol–water partition coefficient (Wildman–Crippen LogP) is -0.459. The van der Waals surface area contributed by atoms with E-state index in [1.165, 1.54) is 5.56 Å². The summed E-state index contributed by atoms with van der Waals surface area (Å²) in [6.07, 6.45) is 1.02. The molecule has 0 N–H and O–H groups in total. The van der Waals surface area contributed by atoms with E-state index in [2.05, 4.69) is 24.3 Å². The molecule has 66 valence electrons. The zero-order valence-corrected chi connectivity index (χ0v) is 17.1. The Hall–Kier alpha value is 0.737. The molecule has 4 heteroatoms. The van der Waals surface area contributed by atoms with E-state index in [0.717, 1.165) is 13.0 Å². The maximum absolute atomic E-state index is 5.43. The van der Waals surface area contributed by atoms with Crippen molar-refractivity contribution < 1.29 is 4.49 Å². The van der Waals surface area contributed by atoms with E-state index < -0.39 is 22.0 Å². The van der Waals surface area contributed by atoms with Gasteiger partial charge in [0.2, 0.25) is 0 Å². The van der Waals surface area contributed by atoms with Gasteiger partial charge in [-0.1, -0.05) is 0 Å². The Balaban J connectivity index is 2.16.